The first-order valence-corrected chi connectivity index (χ1v) is 10.8. The number of benzene rings is 2. The predicted molar refractivity (Wildman–Crippen MR) is 118 cm³/mol. The zero-order valence-corrected chi connectivity index (χ0v) is 18.6. The van der Waals surface area contributed by atoms with E-state index in [1.165, 1.54) is 5.56 Å². The summed E-state index contributed by atoms with van der Waals surface area (Å²) in [5.74, 6) is 1.34. The molecule has 0 radical (unpaired) electrons. The summed E-state index contributed by atoms with van der Waals surface area (Å²) in [5.41, 5.74) is 2.26. The average Bonchev–Trinajstić information content (AvgIpc) is 2.95. The van der Waals surface area contributed by atoms with E-state index in [4.69, 9.17) is 32.9 Å². The van der Waals surface area contributed by atoms with Gasteiger partial charge >= 0.3 is 0 Å². The predicted octanol–water partition coefficient (Wildman–Crippen LogP) is 6.76. The van der Waals surface area contributed by atoms with Crippen LogP contribution in [-0.4, -0.2) is 16.2 Å². The zero-order chi connectivity index (χ0) is 20.1. The van der Waals surface area contributed by atoms with Crippen LogP contribution in [0.25, 0.3) is 0 Å². The van der Waals surface area contributed by atoms with E-state index in [-0.39, 0.29) is 0 Å². The Morgan fingerprint density at radius 2 is 1.75 bits per heavy atom. The Balaban J connectivity index is 1.71. The second-order valence-corrected chi connectivity index (χ2v) is 8.86. The van der Waals surface area contributed by atoms with E-state index >= 15 is 0 Å². The molecule has 0 aliphatic heterocycles. The number of rotatable bonds is 8. The molecular formula is C22H24Cl2N2OS. The Hall–Kier alpha value is -1.46. The lowest BCUT2D eigenvalue weighted by atomic mass is 10.1. The van der Waals surface area contributed by atoms with Gasteiger partial charge in [0.05, 0.1) is 18.9 Å². The smallest absolute Gasteiger partial charge is 0.111 e. The molecule has 2 aromatic carbocycles. The van der Waals surface area contributed by atoms with Gasteiger partial charge in [-0.2, -0.15) is 0 Å². The highest BCUT2D eigenvalue weighted by molar-refractivity contribution is 7.99. The molecule has 0 aliphatic rings. The molecule has 0 fully saturated rings. The van der Waals surface area contributed by atoms with Crippen LogP contribution < -0.4 is 0 Å². The molecule has 0 atom stereocenters. The average molecular weight is 435 g/mol. The molecule has 0 saturated carbocycles. The summed E-state index contributed by atoms with van der Waals surface area (Å²) in [4.78, 5) is 5.90. The highest BCUT2D eigenvalue weighted by Crippen LogP contribution is 2.36. The lowest BCUT2D eigenvalue weighted by Gasteiger charge is -2.09. The molecule has 6 heteroatoms. The summed E-state index contributed by atoms with van der Waals surface area (Å²) in [7, 11) is 2.06. The summed E-state index contributed by atoms with van der Waals surface area (Å²) >= 11 is 14.0. The first kappa shape index (κ1) is 21.3. The first-order valence-electron chi connectivity index (χ1n) is 9.25. The Morgan fingerprint density at radius 3 is 2.39 bits per heavy atom. The fourth-order valence-electron chi connectivity index (χ4n) is 2.90. The van der Waals surface area contributed by atoms with Gasteiger partial charge in [0.15, 0.2) is 0 Å². The van der Waals surface area contributed by atoms with E-state index in [1.807, 2.05) is 30.3 Å². The standard InChI is InChI=1S/C22H24Cl2N2OS/c1-15(2)21-22(28-19-12-17(23)11-18(24)13-19)26(3)20(25-21)9-10-27-14-16-7-5-4-6-8-16/h4-8,11-13,15H,9-10,14H2,1-3H3. The molecule has 3 aromatic rings. The Labute approximate surface area is 181 Å². The van der Waals surface area contributed by atoms with Gasteiger partial charge in [-0.25, -0.2) is 4.98 Å². The van der Waals surface area contributed by atoms with Gasteiger partial charge < -0.3 is 9.30 Å². The topological polar surface area (TPSA) is 27.1 Å². The summed E-state index contributed by atoms with van der Waals surface area (Å²) in [6.07, 6.45) is 0.764. The second-order valence-electron chi connectivity index (χ2n) is 6.93. The van der Waals surface area contributed by atoms with Crippen molar-refractivity contribution in [1.82, 2.24) is 9.55 Å². The Kier molecular flexibility index (Phi) is 7.47. The third kappa shape index (κ3) is 5.54. The Morgan fingerprint density at radius 1 is 1.07 bits per heavy atom. The van der Waals surface area contributed by atoms with Crippen molar-refractivity contribution < 1.29 is 4.74 Å². The van der Waals surface area contributed by atoms with Crippen molar-refractivity contribution in [3.63, 3.8) is 0 Å². The Bertz CT molecular complexity index is 906. The van der Waals surface area contributed by atoms with Crippen molar-refractivity contribution in [2.24, 2.45) is 7.05 Å². The molecule has 0 unspecified atom stereocenters. The van der Waals surface area contributed by atoms with E-state index < -0.39 is 0 Å². The molecule has 3 rings (SSSR count). The molecule has 3 nitrogen and oxygen atoms in total. The van der Waals surface area contributed by atoms with Crippen molar-refractivity contribution >= 4 is 35.0 Å². The molecule has 0 aliphatic carbocycles. The van der Waals surface area contributed by atoms with E-state index in [1.54, 1.807) is 17.8 Å². The maximum Gasteiger partial charge on any atom is 0.111 e. The van der Waals surface area contributed by atoms with Crippen molar-refractivity contribution in [1.29, 1.82) is 0 Å². The quantitative estimate of drug-likeness (QED) is 0.366. The fraction of sp³-hybridized carbons (Fsp3) is 0.318. The zero-order valence-electron chi connectivity index (χ0n) is 16.3. The van der Waals surface area contributed by atoms with Crippen molar-refractivity contribution in [2.75, 3.05) is 6.61 Å². The fourth-order valence-corrected chi connectivity index (χ4v) is 4.78. The highest BCUT2D eigenvalue weighted by atomic mass is 35.5. The van der Waals surface area contributed by atoms with Crippen LogP contribution in [0, 0.1) is 0 Å². The molecule has 0 saturated heterocycles. The highest BCUT2D eigenvalue weighted by Gasteiger charge is 2.18. The van der Waals surface area contributed by atoms with Crippen molar-refractivity contribution in [3.8, 4) is 0 Å². The number of aromatic nitrogens is 2. The first-order chi connectivity index (χ1) is 13.4. The third-order valence-corrected chi connectivity index (χ3v) is 5.92. The molecule has 0 amide bonds. The molecule has 0 bridgehead atoms. The maximum atomic E-state index is 6.16. The van der Waals surface area contributed by atoms with Crippen LogP contribution >= 0.6 is 35.0 Å². The van der Waals surface area contributed by atoms with E-state index in [0.29, 0.717) is 29.2 Å². The van der Waals surface area contributed by atoms with Gasteiger partial charge in [0.2, 0.25) is 0 Å². The number of imidazole rings is 1. The minimum absolute atomic E-state index is 0.322. The number of hydrogen-bond acceptors (Lipinski definition) is 3. The van der Waals surface area contributed by atoms with E-state index in [0.717, 1.165) is 27.9 Å². The summed E-state index contributed by atoms with van der Waals surface area (Å²) < 4.78 is 8.00. The van der Waals surface area contributed by atoms with Crippen LogP contribution in [0.1, 0.15) is 36.8 Å². The van der Waals surface area contributed by atoms with Crippen LogP contribution in [0.15, 0.2) is 58.5 Å². The van der Waals surface area contributed by atoms with Crippen LogP contribution in [0.4, 0.5) is 0 Å². The van der Waals surface area contributed by atoms with Gasteiger partial charge in [-0.05, 0) is 29.7 Å². The number of nitrogens with zero attached hydrogens (tertiary/aromatic N) is 2. The van der Waals surface area contributed by atoms with Crippen LogP contribution in [0.2, 0.25) is 10.0 Å². The van der Waals surface area contributed by atoms with E-state index in [2.05, 4.69) is 37.6 Å². The van der Waals surface area contributed by atoms with E-state index in [9.17, 15) is 0 Å². The molecular weight excluding hydrogens is 411 g/mol. The van der Waals surface area contributed by atoms with Crippen LogP contribution in [0.3, 0.4) is 0 Å². The summed E-state index contributed by atoms with van der Waals surface area (Å²) in [6.45, 7) is 5.56. The molecule has 0 N–H and O–H groups in total. The molecule has 1 aromatic heterocycles. The molecule has 148 valence electrons. The number of ether oxygens (including phenoxy) is 1. The summed E-state index contributed by atoms with van der Waals surface area (Å²) in [5, 5.41) is 2.39. The third-order valence-electron chi connectivity index (χ3n) is 4.34. The van der Waals surface area contributed by atoms with Gasteiger partial charge in [0.1, 0.15) is 10.9 Å². The summed E-state index contributed by atoms with van der Waals surface area (Å²) in [6, 6.07) is 15.8. The monoisotopic (exact) mass is 434 g/mol. The van der Waals surface area contributed by atoms with Gasteiger partial charge in [-0.15, -0.1) is 0 Å². The number of hydrogen-bond donors (Lipinski definition) is 0. The second kappa shape index (κ2) is 9.84. The van der Waals surface area contributed by atoms with Crippen LogP contribution in [0.5, 0.6) is 0 Å². The normalized spacial score (nSPS) is 11.4. The minimum atomic E-state index is 0.322. The van der Waals surface area contributed by atoms with Crippen molar-refractivity contribution in [2.45, 2.75) is 42.7 Å². The molecule has 1 heterocycles. The minimum Gasteiger partial charge on any atom is -0.376 e. The lowest BCUT2D eigenvalue weighted by molar-refractivity contribution is 0.122. The van der Waals surface area contributed by atoms with Gasteiger partial charge in [-0.1, -0.05) is 79.1 Å². The lowest BCUT2D eigenvalue weighted by Crippen LogP contribution is -2.05. The van der Waals surface area contributed by atoms with Crippen molar-refractivity contribution in [3.05, 3.63) is 75.7 Å². The van der Waals surface area contributed by atoms with Crippen LogP contribution in [-0.2, 0) is 24.8 Å². The molecule has 28 heavy (non-hydrogen) atoms. The largest absolute Gasteiger partial charge is 0.376 e. The SMILES string of the molecule is CC(C)c1nc(CCOCc2ccccc2)n(C)c1Sc1cc(Cl)cc(Cl)c1. The van der Waals surface area contributed by atoms with Gasteiger partial charge in [-0.3, -0.25) is 0 Å². The molecule has 0 spiro atoms. The van der Waals surface area contributed by atoms with Gasteiger partial charge in [0, 0.05) is 28.4 Å². The van der Waals surface area contributed by atoms with Gasteiger partial charge in [0.25, 0.3) is 0 Å². The number of halogens is 2. The maximum absolute atomic E-state index is 6.16.